The molecule has 68 valence electrons. The van der Waals surface area contributed by atoms with Crippen LogP contribution < -0.4 is 10.1 Å². The quantitative estimate of drug-likeness (QED) is 0.700. The minimum absolute atomic E-state index is 0.154. The maximum atomic E-state index is 11.3. The minimum Gasteiger partial charge on any atom is -0.477 e. The van der Waals surface area contributed by atoms with Crippen LogP contribution in [0.25, 0.3) is 0 Å². The van der Waals surface area contributed by atoms with Gasteiger partial charge in [-0.3, -0.25) is 4.79 Å². The van der Waals surface area contributed by atoms with Gasteiger partial charge in [0.2, 0.25) is 5.88 Å². The molecule has 5 heteroatoms. The number of nitrogens with one attached hydrogen (secondary N) is 1. The summed E-state index contributed by atoms with van der Waals surface area (Å²) in [7, 11) is 0. The highest BCUT2D eigenvalue weighted by Crippen LogP contribution is 2.21. The third-order valence-electron chi connectivity index (χ3n) is 1.82. The zero-order valence-corrected chi connectivity index (χ0v) is 7.20. The molecule has 2 rings (SSSR count). The van der Waals surface area contributed by atoms with Gasteiger partial charge in [-0.15, -0.1) is 0 Å². The SMILES string of the molecule is CCOc1ncnc2c1C(=O)NC2. The monoisotopic (exact) mass is 179 g/mol. The summed E-state index contributed by atoms with van der Waals surface area (Å²) in [6.07, 6.45) is 1.41. The summed E-state index contributed by atoms with van der Waals surface area (Å²) in [5, 5.41) is 2.66. The molecule has 0 aliphatic carbocycles. The molecule has 13 heavy (non-hydrogen) atoms. The fraction of sp³-hybridized carbons (Fsp3) is 0.375. The molecule has 1 aliphatic rings. The zero-order chi connectivity index (χ0) is 9.26. The van der Waals surface area contributed by atoms with Crippen LogP contribution in [0.3, 0.4) is 0 Å². The smallest absolute Gasteiger partial charge is 0.259 e. The summed E-state index contributed by atoms with van der Waals surface area (Å²) in [6, 6.07) is 0. The second-order valence-electron chi connectivity index (χ2n) is 2.62. The van der Waals surface area contributed by atoms with Crippen molar-refractivity contribution in [3.8, 4) is 5.88 Å². The van der Waals surface area contributed by atoms with E-state index >= 15 is 0 Å². The van der Waals surface area contributed by atoms with Gasteiger partial charge in [-0.05, 0) is 6.92 Å². The molecule has 0 unspecified atom stereocenters. The van der Waals surface area contributed by atoms with Crippen molar-refractivity contribution in [3.63, 3.8) is 0 Å². The molecule has 1 amide bonds. The van der Waals surface area contributed by atoms with Gasteiger partial charge in [-0.2, -0.15) is 0 Å². The van der Waals surface area contributed by atoms with Gasteiger partial charge in [0.05, 0.1) is 18.8 Å². The minimum atomic E-state index is -0.154. The predicted octanol–water partition coefficient (Wildman–Crippen LogP) is 0.119. The fourth-order valence-corrected chi connectivity index (χ4v) is 1.26. The summed E-state index contributed by atoms with van der Waals surface area (Å²) in [5.74, 6) is 0.224. The molecule has 0 saturated heterocycles. The van der Waals surface area contributed by atoms with Gasteiger partial charge < -0.3 is 10.1 Å². The summed E-state index contributed by atoms with van der Waals surface area (Å²) in [5.41, 5.74) is 1.19. The Balaban J connectivity index is 2.47. The summed E-state index contributed by atoms with van der Waals surface area (Å²) >= 11 is 0. The second-order valence-corrected chi connectivity index (χ2v) is 2.62. The number of carbonyl (C=O) groups excluding carboxylic acids is 1. The van der Waals surface area contributed by atoms with Gasteiger partial charge in [0.15, 0.2) is 0 Å². The lowest BCUT2D eigenvalue weighted by Gasteiger charge is -2.03. The van der Waals surface area contributed by atoms with Gasteiger partial charge >= 0.3 is 0 Å². The van der Waals surface area contributed by atoms with Crippen molar-refractivity contribution in [3.05, 3.63) is 17.6 Å². The van der Waals surface area contributed by atoms with E-state index in [1.54, 1.807) is 0 Å². The van der Waals surface area contributed by atoms with Gasteiger partial charge in [-0.25, -0.2) is 9.97 Å². The molecule has 1 N–H and O–H groups in total. The fourth-order valence-electron chi connectivity index (χ4n) is 1.26. The largest absolute Gasteiger partial charge is 0.477 e. The average molecular weight is 179 g/mol. The molecule has 0 saturated carbocycles. The first-order chi connectivity index (χ1) is 6.33. The molecule has 0 radical (unpaired) electrons. The van der Waals surface area contributed by atoms with Crippen molar-refractivity contribution in [2.75, 3.05) is 6.61 Å². The summed E-state index contributed by atoms with van der Waals surface area (Å²) in [4.78, 5) is 19.2. The number of rotatable bonds is 2. The first kappa shape index (κ1) is 7.97. The number of nitrogens with zero attached hydrogens (tertiary/aromatic N) is 2. The Hall–Kier alpha value is -1.65. The Morgan fingerprint density at radius 2 is 2.46 bits per heavy atom. The van der Waals surface area contributed by atoms with E-state index in [0.29, 0.717) is 30.3 Å². The van der Waals surface area contributed by atoms with E-state index in [1.165, 1.54) is 6.33 Å². The molecular weight excluding hydrogens is 170 g/mol. The highest BCUT2D eigenvalue weighted by Gasteiger charge is 2.25. The highest BCUT2D eigenvalue weighted by atomic mass is 16.5. The Bertz CT molecular complexity index is 351. The third kappa shape index (κ3) is 1.22. The first-order valence-corrected chi connectivity index (χ1v) is 4.07. The number of amides is 1. The van der Waals surface area contributed by atoms with Crippen molar-refractivity contribution >= 4 is 5.91 Å². The first-order valence-electron chi connectivity index (χ1n) is 4.07. The number of ether oxygens (including phenoxy) is 1. The molecule has 1 aromatic heterocycles. The lowest BCUT2D eigenvalue weighted by atomic mass is 10.2. The van der Waals surface area contributed by atoms with Crippen LogP contribution in [0.4, 0.5) is 0 Å². The average Bonchev–Trinajstić information content (AvgIpc) is 2.50. The van der Waals surface area contributed by atoms with Crippen molar-refractivity contribution in [1.29, 1.82) is 0 Å². The predicted molar refractivity (Wildman–Crippen MR) is 44.4 cm³/mol. The van der Waals surface area contributed by atoms with Gasteiger partial charge in [0, 0.05) is 0 Å². The number of carbonyl (C=O) groups is 1. The maximum absolute atomic E-state index is 11.3. The van der Waals surface area contributed by atoms with Crippen LogP contribution in [-0.4, -0.2) is 22.5 Å². The highest BCUT2D eigenvalue weighted by molar-refractivity contribution is 5.99. The molecule has 0 atom stereocenters. The maximum Gasteiger partial charge on any atom is 0.259 e. The van der Waals surface area contributed by atoms with E-state index < -0.39 is 0 Å². The lowest BCUT2D eigenvalue weighted by molar-refractivity contribution is 0.0962. The van der Waals surface area contributed by atoms with Crippen molar-refractivity contribution in [2.45, 2.75) is 13.5 Å². The molecule has 0 bridgehead atoms. The number of aromatic nitrogens is 2. The number of hydrogen-bond donors (Lipinski definition) is 1. The van der Waals surface area contributed by atoms with Crippen molar-refractivity contribution in [2.24, 2.45) is 0 Å². The topological polar surface area (TPSA) is 64.1 Å². The summed E-state index contributed by atoms with van der Waals surface area (Å²) < 4.78 is 5.21. The molecule has 1 aromatic rings. The zero-order valence-electron chi connectivity index (χ0n) is 7.20. The number of fused-ring (bicyclic) bond motifs is 1. The van der Waals surface area contributed by atoms with Crippen LogP contribution in [0.2, 0.25) is 0 Å². The summed E-state index contributed by atoms with van der Waals surface area (Å²) in [6.45, 7) is 2.81. The molecule has 0 spiro atoms. The Kier molecular flexibility index (Phi) is 1.84. The van der Waals surface area contributed by atoms with E-state index in [-0.39, 0.29) is 5.91 Å². The Labute approximate surface area is 75.1 Å². The normalized spacial score (nSPS) is 13.8. The van der Waals surface area contributed by atoms with Gasteiger partial charge in [-0.1, -0.05) is 0 Å². The number of hydrogen-bond acceptors (Lipinski definition) is 4. The van der Waals surface area contributed by atoms with Crippen molar-refractivity contribution in [1.82, 2.24) is 15.3 Å². The van der Waals surface area contributed by atoms with Gasteiger partial charge in [0.1, 0.15) is 11.9 Å². The second kappa shape index (κ2) is 3.01. The van der Waals surface area contributed by atoms with Crippen LogP contribution >= 0.6 is 0 Å². The van der Waals surface area contributed by atoms with Crippen LogP contribution in [0, 0.1) is 0 Å². The molecule has 2 heterocycles. The molecule has 1 aliphatic heterocycles. The van der Waals surface area contributed by atoms with Crippen molar-refractivity contribution < 1.29 is 9.53 Å². The van der Waals surface area contributed by atoms with Crippen LogP contribution in [0.1, 0.15) is 23.0 Å². The Morgan fingerprint density at radius 3 is 3.23 bits per heavy atom. The van der Waals surface area contributed by atoms with Crippen LogP contribution in [0.5, 0.6) is 5.88 Å². The molecule has 5 nitrogen and oxygen atoms in total. The van der Waals surface area contributed by atoms with Crippen LogP contribution in [0.15, 0.2) is 6.33 Å². The molecule has 0 fully saturated rings. The van der Waals surface area contributed by atoms with E-state index in [1.807, 2.05) is 6.92 Å². The van der Waals surface area contributed by atoms with E-state index in [0.717, 1.165) is 0 Å². The molecular formula is C8H9N3O2. The van der Waals surface area contributed by atoms with E-state index in [2.05, 4.69) is 15.3 Å². The van der Waals surface area contributed by atoms with E-state index in [4.69, 9.17) is 4.74 Å². The van der Waals surface area contributed by atoms with Gasteiger partial charge in [0.25, 0.3) is 5.91 Å². The third-order valence-corrected chi connectivity index (χ3v) is 1.82. The lowest BCUT2D eigenvalue weighted by Crippen LogP contribution is -2.13. The standard InChI is InChI=1S/C8H9N3O2/c1-2-13-8-6-5(10-4-11-8)3-9-7(6)12/h4H,2-3H2,1H3,(H,9,12). The Morgan fingerprint density at radius 1 is 1.62 bits per heavy atom. The van der Waals surface area contributed by atoms with Crippen LogP contribution in [-0.2, 0) is 6.54 Å². The molecule has 0 aromatic carbocycles. The van der Waals surface area contributed by atoms with E-state index in [9.17, 15) is 4.79 Å².